The molecule has 5 nitrogen and oxygen atoms in total. The first-order valence-electron chi connectivity index (χ1n) is 22.7. The lowest BCUT2D eigenvalue weighted by atomic mass is 9.82. The van der Waals surface area contributed by atoms with Crippen molar-refractivity contribution in [1.82, 2.24) is 24.1 Å². The zero-order chi connectivity index (χ0) is 43.9. The molecule has 0 unspecified atom stereocenters. The maximum atomic E-state index is 5.12. The molecule has 0 radical (unpaired) electrons. The molecule has 3 aromatic heterocycles. The van der Waals surface area contributed by atoms with Crippen LogP contribution in [0, 0.1) is 0 Å². The highest BCUT2D eigenvalue weighted by Crippen LogP contribution is 2.51. The summed E-state index contributed by atoms with van der Waals surface area (Å²) in [6, 6.07) is 67.3. The van der Waals surface area contributed by atoms with Crippen LogP contribution in [0.25, 0.3) is 100 Å². The average Bonchev–Trinajstić information content (AvgIpc) is 3.85. The van der Waals surface area contributed by atoms with Gasteiger partial charge in [0, 0.05) is 43.8 Å². The molecule has 5 heteroatoms. The number of hydrogen-bond acceptors (Lipinski definition) is 3. The Hall–Kier alpha value is -8.41. The topological polar surface area (TPSA) is 48.5 Å². The Labute approximate surface area is 383 Å². The summed E-state index contributed by atoms with van der Waals surface area (Å²) in [5.41, 5.74) is 17.8. The third kappa shape index (κ3) is 5.97. The summed E-state index contributed by atoms with van der Waals surface area (Å²) in [7, 11) is 0. The van der Waals surface area contributed by atoms with Crippen LogP contribution in [0.4, 0.5) is 0 Å². The minimum Gasteiger partial charge on any atom is -0.309 e. The SMILES string of the molecule is CC1(C)c2ccccc2-c2cc3c4cc(C5=CC=C(c6ccc7c(c6)c6ccccc6n7-c6nc(-c7ccccc7)nc(-c7ccccc7)n6)C=CC5)ccc4n(-c4ccccc4)c3cc21. The quantitative estimate of drug-likeness (QED) is 0.167. The average molecular weight is 846 g/mol. The van der Waals surface area contributed by atoms with Crippen molar-refractivity contribution < 1.29 is 0 Å². The Kier molecular flexibility index (Phi) is 8.56. The van der Waals surface area contributed by atoms with Crippen molar-refractivity contribution in [3.8, 4) is 45.5 Å². The molecular formula is C61H43N5. The molecule has 312 valence electrons. The van der Waals surface area contributed by atoms with E-state index in [-0.39, 0.29) is 5.41 Å². The number of hydrogen-bond donors (Lipinski definition) is 0. The molecule has 0 N–H and O–H groups in total. The zero-order valence-corrected chi connectivity index (χ0v) is 36.7. The van der Waals surface area contributed by atoms with Gasteiger partial charge in [-0.2, -0.15) is 9.97 Å². The van der Waals surface area contributed by atoms with Gasteiger partial charge < -0.3 is 4.57 Å². The predicted molar refractivity (Wildman–Crippen MR) is 273 cm³/mol. The van der Waals surface area contributed by atoms with Gasteiger partial charge in [0.25, 0.3) is 0 Å². The van der Waals surface area contributed by atoms with Crippen LogP contribution in [-0.4, -0.2) is 24.1 Å². The number of nitrogens with zero attached hydrogens (tertiary/aromatic N) is 5. The van der Waals surface area contributed by atoms with Crippen molar-refractivity contribution in [3.63, 3.8) is 0 Å². The van der Waals surface area contributed by atoms with Crippen molar-refractivity contribution in [1.29, 1.82) is 0 Å². The summed E-state index contributed by atoms with van der Waals surface area (Å²) in [5, 5.41) is 4.83. The normalized spacial score (nSPS) is 14.1. The molecule has 2 aliphatic carbocycles. The van der Waals surface area contributed by atoms with E-state index in [4.69, 9.17) is 15.0 Å². The Morgan fingerprint density at radius 3 is 1.77 bits per heavy atom. The molecule has 0 fully saturated rings. The third-order valence-corrected chi connectivity index (χ3v) is 13.8. The lowest BCUT2D eigenvalue weighted by Gasteiger charge is -2.21. The van der Waals surface area contributed by atoms with Crippen LogP contribution in [0.5, 0.6) is 0 Å². The van der Waals surface area contributed by atoms with Gasteiger partial charge in [-0.3, -0.25) is 4.57 Å². The second kappa shape index (κ2) is 14.8. The molecule has 13 rings (SSSR count). The van der Waals surface area contributed by atoms with E-state index in [9.17, 15) is 0 Å². The van der Waals surface area contributed by atoms with Crippen LogP contribution >= 0.6 is 0 Å². The van der Waals surface area contributed by atoms with E-state index in [0.29, 0.717) is 17.6 Å². The van der Waals surface area contributed by atoms with Gasteiger partial charge in [0.05, 0.1) is 22.1 Å². The van der Waals surface area contributed by atoms with Crippen molar-refractivity contribution in [3.05, 3.63) is 235 Å². The number of allylic oxidation sites excluding steroid dienone is 6. The van der Waals surface area contributed by atoms with E-state index in [1.54, 1.807) is 0 Å². The Balaban J connectivity index is 0.919. The van der Waals surface area contributed by atoms with E-state index in [1.807, 2.05) is 60.7 Å². The third-order valence-electron chi connectivity index (χ3n) is 13.8. The largest absolute Gasteiger partial charge is 0.309 e. The van der Waals surface area contributed by atoms with Gasteiger partial charge in [0.15, 0.2) is 11.6 Å². The van der Waals surface area contributed by atoms with Crippen LogP contribution < -0.4 is 0 Å². The number of para-hydroxylation sites is 2. The van der Waals surface area contributed by atoms with Crippen molar-refractivity contribution in [2.24, 2.45) is 0 Å². The van der Waals surface area contributed by atoms with E-state index < -0.39 is 0 Å². The maximum Gasteiger partial charge on any atom is 0.238 e. The fourth-order valence-corrected chi connectivity index (χ4v) is 10.6. The fraction of sp³-hybridized carbons (Fsp3) is 0.0656. The Bertz CT molecular complexity index is 3790. The first-order chi connectivity index (χ1) is 32.5. The Morgan fingerprint density at radius 2 is 1.02 bits per heavy atom. The summed E-state index contributed by atoms with van der Waals surface area (Å²) in [4.78, 5) is 15.2. The predicted octanol–water partition coefficient (Wildman–Crippen LogP) is 15.1. The first-order valence-corrected chi connectivity index (χ1v) is 22.7. The van der Waals surface area contributed by atoms with Gasteiger partial charge in [0.1, 0.15) is 0 Å². The van der Waals surface area contributed by atoms with Gasteiger partial charge >= 0.3 is 0 Å². The van der Waals surface area contributed by atoms with Crippen LogP contribution in [0.1, 0.15) is 42.5 Å². The molecule has 0 spiro atoms. The van der Waals surface area contributed by atoms with Gasteiger partial charge in [-0.05, 0) is 106 Å². The Morgan fingerprint density at radius 1 is 0.424 bits per heavy atom. The molecule has 0 bridgehead atoms. The lowest BCUT2D eigenvalue weighted by Crippen LogP contribution is -2.14. The van der Waals surface area contributed by atoms with Crippen molar-refractivity contribution in [2.45, 2.75) is 25.7 Å². The molecule has 8 aromatic carbocycles. The van der Waals surface area contributed by atoms with Crippen LogP contribution in [0.15, 0.2) is 212 Å². The maximum absolute atomic E-state index is 5.12. The molecule has 0 atom stereocenters. The molecular weight excluding hydrogens is 803 g/mol. The van der Waals surface area contributed by atoms with Crippen LogP contribution in [-0.2, 0) is 5.41 Å². The van der Waals surface area contributed by atoms with E-state index in [0.717, 1.165) is 44.9 Å². The minimum atomic E-state index is -0.0837. The number of benzene rings is 8. The highest BCUT2D eigenvalue weighted by molar-refractivity contribution is 6.13. The zero-order valence-electron chi connectivity index (χ0n) is 36.7. The molecule has 0 saturated carbocycles. The number of fused-ring (bicyclic) bond motifs is 9. The highest BCUT2D eigenvalue weighted by atomic mass is 15.2. The summed E-state index contributed by atoms with van der Waals surface area (Å²) in [5.74, 6) is 1.86. The van der Waals surface area contributed by atoms with Crippen molar-refractivity contribution >= 4 is 54.8 Å². The summed E-state index contributed by atoms with van der Waals surface area (Å²) >= 11 is 0. The van der Waals surface area contributed by atoms with Gasteiger partial charge in [0.2, 0.25) is 5.95 Å². The highest BCUT2D eigenvalue weighted by Gasteiger charge is 2.36. The van der Waals surface area contributed by atoms with Crippen LogP contribution in [0.2, 0.25) is 0 Å². The number of rotatable bonds is 6. The van der Waals surface area contributed by atoms with E-state index in [1.165, 1.54) is 66.5 Å². The second-order valence-electron chi connectivity index (χ2n) is 18.0. The summed E-state index contributed by atoms with van der Waals surface area (Å²) in [6.45, 7) is 4.73. The fourth-order valence-electron chi connectivity index (χ4n) is 10.6. The molecule has 11 aromatic rings. The van der Waals surface area contributed by atoms with E-state index in [2.05, 4.69) is 175 Å². The van der Waals surface area contributed by atoms with Gasteiger partial charge in [-0.15, -0.1) is 0 Å². The number of aromatic nitrogens is 5. The molecule has 0 amide bonds. The lowest BCUT2D eigenvalue weighted by molar-refractivity contribution is 0.661. The smallest absolute Gasteiger partial charge is 0.238 e. The summed E-state index contributed by atoms with van der Waals surface area (Å²) < 4.78 is 4.63. The second-order valence-corrected chi connectivity index (χ2v) is 18.0. The molecule has 3 heterocycles. The molecule has 0 aliphatic heterocycles. The molecule has 0 saturated heterocycles. The minimum absolute atomic E-state index is 0.0837. The first kappa shape index (κ1) is 38.1. The molecule has 2 aliphatic rings. The standard InChI is InChI=1S/C61H43N5/c1-61(2)52-27-14-12-25-46(52)48-37-51-50-36-44(31-33-55(50)65(57(51)38-53(48)61)45-23-10-5-11-24-45)40-22-16-21-39(29-30-40)43-32-34-56-49(35-43)47-26-13-15-28-54(47)66(56)60-63-58(41-17-6-3-7-18-41)62-59(64-60)42-19-8-4-9-20-42/h3-21,23-38H,22H2,1-2H3. The monoisotopic (exact) mass is 845 g/mol. The van der Waals surface area contributed by atoms with Crippen LogP contribution in [0.3, 0.4) is 0 Å². The van der Waals surface area contributed by atoms with Gasteiger partial charge in [-0.1, -0.05) is 172 Å². The summed E-state index contributed by atoms with van der Waals surface area (Å²) in [6.07, 6.45) is 10.0. The van der Waals surface area contributed by atoms with Crippen molar-refractivity contribution in [2.75, 3.05) is 0 Å². The molecule has 66 heavy (non-hydrogen) atoms. The van der Waals surface area contributed by atoms with E-state index >= 15 is 0 Å². The van der Waals surface area contributed by atoms with Gasteiger partial charge in [-0.25, -0.2) is 4.98 Å².